The van der Waals surface area contributed by atoms with Gasteiger partial charge in [-0.05, 0) is 49.5 Å². The molecule has 0 bridgehead atoms. The predicted molar refractivity (Wildman–Crippen MR) is 112 cm³/mol. The van der Waals surface area contributed by atoms with Crippen molar-refractivity contribution in [2.45, 2.75) is 6.18 Å². The van der Waals surface area contributed by atoms with E-state index in [9.17, 15) is 22.8 Å². The Bertz CT molecular complexity index is 1120. The van der Waals surface area contributed by atoms with E-state index < -0.39 is 17.6 Å². The fourth-order valence-electron chi connectivity index (χ4n) is 3.28. The summed E-state index contributed by atoms with van der Waals surface area (Å²) in [4.78, 5) is 33.4. The number of aromatic nitrogens is 1. The zero-order valence-electron chi connectivity index (χ0n) is 16.6. The van der Waals surface area contributed by atoms with Gasteiger partial charge < -0.3 is 9.80 Å². The number of thiazole rings is 1. The molecule has 1 fully saturated rings. The molecule has 2 amide bonds. The molecule has 0 aliphatic carbocycles. The van der Waals surface area contributed by atoms with Gasteiger partial charge in [-0.25, -0.2) is 4.98 Å². The minimum Gasteiger partial charge on any atom is -0.336 e. The van der Waals surface area contributed by atoms with Crippen molar-refractivity contribution < 1.29 is 22.8 Å². The Hall–Kier alpha value is -2.98. The van der Waals surface area contributed by atoms with E-state index in [1.807, 2.05) is 11.9 Å². The average Bonchev–Trinajstić information content (AvgIpc) is 3.14. The number of likely N-dealkylation sites (N-methyl/N-ethyl adjacent to an activating group) is 1. The third kappa shape index (κ3) is 4.70. The van der Waals surface area contributed by atoms with Gasteiger partial charge in [-0.1, -0.05) is 11.3 Å². The highest BCUT2D eigenvalue weighted by Crippen LogP contribution is 2.30. The molecule has 162 valence electrons. The molecule has 6 nitrogen and oxygen atoms in total. The van der Waals surface area contributed by atoms with E-state index in [4.69, 9.17) is 0 Å². The lowest BCUT2D eigenvalue weighted by Gasteiger charge is -2.32. The van der Waals surface area contributed by atoms with E-state index in [0.717, 1.165) is 42.1 Å². The van der Waals surface area contributed by atoms with Crippen LogP contribution < -0.4 is 5.32 Å². The maximum absolute atomic E-state index is 12.8. The number of fused-ring (bicyclic) bond motifs is 1. The van der Waals surface area contributed by atoms with Gasteiger partial charge >= 0.3 is 6.18 Å². The van der Waals surface area contributed by atoms with Crippen LogP contribution in [0, 0.1) is 0 Å². The first kappa shape index (κ1) is 21.3. The van der Waals surface area contributed by atoms with Crippen LogP contribution in [0.25, 0.3) is 10.2 Å². The van der Waals surface area contributed by atoms with Gasteiger partial charge in [-0.3, -0.25) is 14.9 Å². The highest BCUT2D eigenvalue weighted by molar-refractivity contribution is 7.22. The van der Waals surface area contributed by atoms with Crippen LogP contribution in [0.4, 0.5) is 18.3 Å². The normalized spacial score (nSPS) is 15.3. The summed E-state index contributed by atoms with van der Waals surface area (Å²) in [6.07, 6.45) is -4.46. The van der Waals surface area contributed by atoms with Crippen LogP contribution in [0.1, 0.15) is 26.3 Å². The highest BCUT2D eigenvalue weighted by atomic mass is 32.1. The molecule has 1 N–H and O–H groups in total. The van der Waals surface area contributed by atoms with E-state index in [-0.39, 0.29) is 11.5 Å². The van der Waals surface area contributed by atoms with Crippen LogP contribution >= 0.6 is 11.3 Å². The zero-order chi connectivity index (χ0) is 22.2. The summed E-state index contributed by atoms with van der Waals surface area (Å²) in [5.41, 5.74) is 0.462. The molecule has 0 unspecified atom stereocenters. The number of carbonyl (C=O) groups excluding carboxylic acids is 2. The monoisotopic (exact) mass is 448 g/mol. The van der Waals surface area contributed by atoms with Crippen LogP contribution in [-0.2, 0) is 6.18 Å². The number of anilines is 1. The Morgan fingerprint density at radius 1 is 1.00 bits per heavy atom. The third-order valence-corrected chi connectivity index (χ3v) is 6.05. The smallest absolute Gasteiger partial charge is 0.336 e. The van der Waals surface area contributed by atoms with Crippen molar-refractivity contribution >= 4 is 38.5 Å². The summed E-state index contributed by atoms with van der Waals surface area (Å²) in [5, 5.41) is 2.92. The van der Waals surface area contributed by atoms with E-state index in [2.05, 4.69) is 15.2 Å². The first-order valence-electron chi connectivity index (χ1n) is 9.58. The van der Waals surface area contributed by atoms with Crippen LogP contribution in [0.2, 0.25) is 0 Å². The standard InChI is InChI=1S/C21H19F3N4O2S/c1-27-8-10-28(11-9-27)19(30)14-4-7-16-17(12-14)31-20(25-16)26-18(29)13-2-5-15(6-3-13)21(22,23)24/h2-7,12H,8-11H2,1H3,(H,25,26,29). The van der Waals surface area contributed by atoms with Gasteiger partial charge in [0.25, 0.3) is 11.8 Å². The van der Waals surface area contributed by atoms with Gasteiger partial charge in [0.15, 0.2) is 5.13 Å². The number of hydrogen-bond donors (Lipinski definition) is 1. The summed E-state index contributed by atoms with van der Waals surface area (Å²) < 4.78 is 38.8. The van der Waals surface area contributed by atoms with Gasteiger partial charge in [-0.15, -0.1) is 0 Å². The Morgan fingerprint density at radius 3 is 2.29 bits per heavy atom. The maximum Gasteiger partial charge on any atom is 0.416 e. The second-order valence-corrected chi connectivity index (χ2v) is 8.36. The van der Waals surface area contributed by atoms with E-state index in [1.54, 1.807) is 18.2 Å². The van der Waals surface area contributed by atoms with Crippen LogP contribution in [0.3, 0.4) is 0 Å². The molecule has 3 aromatic rings. The molecule has 4 rings (SSSR count). The number of amides is 2. The first-order valence-corrected chi connectivity index (χ1v) is 10.4. The Kier molecular flexibility index (Phi) is 5.67. The fraction of sp³-hybridized carbons (Fsp3) is 0.286. The first-order chi connectivity index (χ1) is 14.7. The molecule has 0 radical (unpaired) electrons. The molecular weight excluding hydrogens is 429 g/mol. The Morgan fingerprint density at radius 2 is 1.65 bits per heavy atom. The summed E-state index contributed by atoms with van der Waals surface area (Å²) in [5.74, 6) is -0.597. The number of piperazine rings is 1. The molecule has 1 saturated heterocycles. The summed E-state index contributed by atoms with van der Waals surface area (Å²) in [6, 6.07) is 9.16. The average molecular weight is 448 g/mol. The van der Waals surface area contributed by atoms with Crippen molar-refractivity contribution in [2.75, 3.05) is 38.5 Å². The number of halogens is 3. The van der Waals surface area contributed by atoms with Gasteiger partial charge in [0.1, 0.15) is 0 Å². The maximum atomic E-state index is 12.8. The molecule has 10 heteroatoms. The number of nitrogens with zero attached hydrogens (tertiary/aromatic N) is 3. The number of hydrogen-bond acceptors (Lipinski definition) is 5. The van der Waals surface area contributed by atoms with Crippen molar-refractivity contribution in [3.05, 3.63) is 59.2 Å². The minimum absolute atomic E-state index is 0.0428. The minimum atomic E-state index is -4.46. The quantitative estimate of drug-likeness (QED) is 0.659. The summed E-state index contributed by atoms with van der Waals surface area (Å²) in [6.45, 7) is 3.00. The molecule has 2 aromatic carbocycles. The van der Waals surface area contributed by atoms with Gasteiger partial charge in [0.05, 0.1) is 15.8 Å². The van der Waals surface area contributed by atoms with Gasteiger partial charge in [0.2, 0.25) is 0 Å². The molecule has 1 aromatic heterocycles. The van der Waals surface area contributed by atoms with Crippen LogP contribution in [0.15, 0.2) is 42.5 Å². The van der Waals surface area contributed by atoms with Crippen molar-refractivity contribution in [1.29, 1.82) is 0 Å². The Balaban J connectivity index is 1.48. The van der Waals surface area contributed by atoms with Crippen LogP contribution in [0.5, 0.6) is 0 Å². The zero-order valence-corrected chi connectivity index (χ0v) is 17.4. The molecule has 31 heavy (non-hydrogen) atoms. The molecule has 2 heterocycles. The number of nitrogens with one attached hydrogen (secondary N) is 1. The molecule has 0 atom stereocenters. The number of benzene rings is 2. The molecule has 0 saturated carbocycles. The Labute approximate surface area is 180 Å². The number of carbonyl (C=O) groups is 2. The second kappa shape index (κ2) is 8.27. The molecular formula is C21H19F3N4O2S. The SMILES string of the molecule is CN1CCN(C(=O)c2ccc3nc(NC(=O)c4ccc(C(F)(F)F)cc4)sc3c2)CC1. The van der Waals surface area contributed by atoms with Crippen molar-refractivity contribution in [1.82, 2.24) is 14.8 Å². The lowest BCUT2D eigenvalue weighted by atomic mass is 10.1. The van der Waals surface area contributed by atoms with Gasteiger partial charge in [-0.2, -0.15) is 13.2 Å². The molecule has 1 aliphatic heterocycles. The lowest BCUT2D eigenvalue weighted by molar-refractivity contribution is -0.137. The van der Waals surface area contributed by atoms with E-state index in [1.165, 1.54) is 11.3 Å². The topological polar surface area (TPSA) is 65.5 Å². The van der Waals surface area contributed by atoms with Crippen molar-refractivity contribution in [3.63, 3.8) is 0 Å². The molecule has 0 spiro atoms. The van der Waals surface area contributed by atoms with Gasteiger partial charge in [0, 0.05) is 37.3 Å². The van der Waals surface area contributed by atoms with Crippen LogP contribution in [-0.4, -0.2) is 59.8 Å². The number of alkyl halides is 3. The fourth-order valence-corrected chi connectivity index (χ4v) is 4.18. The van der Waals surface area contributed by atoms with E-state index >= 15 is 0 Å². The largest absolute Gasteiger partial charge is 0.416 e. The number of rotatable bonds is 3. The predicted octanol–water partition coefficient (Wildman–Crippen LogP) is 3.96. The van der Waals surface area contributed by atoms with E-state index in [0.29, 0.717) is 29.3 Å². The summed E-state index contributed by atoms with van der Waals surface area (Å²) >= 11 is 1.20. The third-order valence-electron chi connectivity index (χ3n) is 5.12. The van der Waals surface area contributed by atoms with Crippen molar-refractivity contribution in [3.8, 4) is 0 Å². The molecule has 1 aliphatic rings. The van der Waals surface area contributed by atoms with Crippen molar-refractivity contribution in [2.24, 2.45) is 0 Å². The highest BCUT2D eigenvalue weighted by Gasteiger charge is 2.30. The lowest BCUT2D eigenvalue weighted by Crippen LogP contribution is -2.47. The summed E-state index contributed by atoms with van der Waals surface area (Å²) in [7, 11) is 2.02. The second-order valence-electron chi connectivity index (χ2n) is 7.33.